The summed E-state index contributed by atoms with van der Waals surface area (Å²) in [5.74, 6) is 0.667. The predicted octanol–water partition coefficient (Wildman–Crippen LogP) is 2.64. The topological polar surface area (TPSA) is 75.9 Å². The summed E-state index contributed by atoms with van der Waals surface area (Å²) in [5.41, 5.74) is 6.27. The number of rotatable bonds is 4. The number of anilines is 1. The maximum Gasteiger partial charge on any atom is 0.254 e. The van der Waals surface area contributed by atoms with E-state index in [1.807, 2.05) is 42.6 Å². The Morgan fingerprint density at radius 2 is 1.86 bits per heavy atom. The van der Waals surface area contributed by atoms with Gasteiger partial charge in [-0.2, -0.15) is 5.10 Å². The number of aryl methyl sites for hydroxylation is 3. The third kappa shape index (κ3) is 3.60. The number of carbonyl (C=O) groups is 1. The summed E-state index contributed by atoms with van der Waals surface area (Å²) in [7, 11) is 1.94. The van der Waals surface area contributed by atoms with Gasteiger partial charge in [0.15, 0.2) is 0 Å². The van der Waals surface area contributed by atoms with Gasteiger partial charge in [0.05, 0.1) is 24.5 Å². The van der Waals surface area contributed by atoms with E-state index in [0.717, 1.165) is 34.5 Å². The lowest BCUT2D eigenvalue weighted by molar-refractivity contribution is 0.0730. The first kappa shape index (κ1) is 18.2. The second-order valence-electron chi connectivity index (χ2n) is 7.27. The van der Waals surface area contributed by atoms with Gasteiger partial charge in [-0.1, -0.05) is 17.2 Å². The summed E-state index contributed by atoms with van der Waals surface area (Å²) < 4.78 is 1.89. The zero-order chi connectivity index (χ0) is 19.7. The van der Waals surface area contributed by atoms with Crippen LogP contribution in [0.3, 0.4) is 0 Å². The Balaban J connectivity index is 1.51. The average Bonchev–Trinajstić information content (AvgIpc) is 3.01. The Labute approximate surface area is 164 Å². The highest BCUT2D eigenvalue weighted by atomic mass is 16.2. The average molecular weight is 376 g/mol. The van der Waals surface area contributed by atoms with E-state index in [2.05, 4.69) is 26.4 Å². The van der Waals surface area contributed by atoms with Gasteiger partial charge in [0.25, 0.3) is 5.91 Å². The van der Waals surface area contributed by atoms with Crippen molar-refractivity contribution in [3.8, 4) is 0 Å². The highest BCUT2D eigenvalue weighted by molar-refractivity contribution is 5.94. The molecule has 0 unspecified atom stereocenters. The van der Waals surface area contributed by atoms with Crippen molar-refractivity contribution in [3.63, 3.8) is 0 Å². The second kappa shape index (κ2) is 7.42. The third-order valence-corrected chi connectivity index (χ3v) is 5.07. The lowest BCUT2D eigenvalue weighted by Crippen LogP contribution is -2.36. The number of benzene rings is 1. The summed E-state index contributed by atoms with van der Waals surface area (Å²) in [6.45, 7) is 5.88. The van der Waals surface area contributed by atoms with Crippen LogP contribution in [0.25, 0.3) is 0 Å². The van der Waals surface area contributed by atoms with Gasteiger partial charge in [0.2, 0.25) is 5.95 Å². The first-order valence-corrected chi connectivity index (χ1v) is 9.43. The monoisotopic (exact) mass is 376 g/mol. The smallest absolute Gasteiger partial charge is 0.254 e. The molecule has 1 aliphatic heterocycles. The molecule has 3 aromatic rings. The molecule has 1 aliphatic rings. The number of carbonyl (C=O) groups excluding carboxylic acids is 1. The van der Waals surface area contributed by atoms with E-state index in [9.17, 15) is 4.79 Å². The molecule has 0 bridgehead atoms. The molecule has 0 fully saturated rings. The summed E-state index contributed by atoms with van der Waals surface area (Å²) in [4.78, 5) is 23.3. The van der Waals surface area contributed by atoms with Crippen LogP contribution in [0.2, 0.25) is 0 Å². The minimum Gasteiger partial charge on any atom is -0.348 e. The molecule has 1 N–H and O–H groups in total. The molecule has 28 heavy (non-hydrogen) atoms. The molecule has 0 aliphatic carbocycles. The molecule has 0 saturated heterocycles. The molecule has 2 aromatic heterocycles. The second-order valence-corrected chi connectivity index (χ2v) is 7.27. The Kier molecular flexibility index (Phi) is 4.81. The lowest BCUT2D eigenvalue weighted by Gasteiger charge is -2.28. The minimum absolute atomic E-state index is 0.0796. The Bertz CT molecular complexity index is 991. The zero-order valence-corrected chi connectivity index (χ0v) is 16.4. The fraction of sp³-hybridized carbons (Fsp3) is 0.333. The molecule has 4 rings (SSSR count). The maximum absolute atomic E-state index is 13.0. The van der Waals surface area contributed by atoms with Crippen LogP contribution in [0.5, 0.6) is 0 Å². The Morgan fingerprint density at radius 3 is 2.57 bits per heavy atom. The molecular formula is C21H24N6O. The molecule has 1 aromatic carbocycles. The standard InChI is InChI=1S/C21H24N6O/c1-14-9-15(2)11-16(10-14)20(28)27-8-5-17-18(25-26(3)19(17)13-27)12-24-21-22-6-4-7-23-21/h4,6-7,9-11H,5,8,12-13H2,1-3H3,(H,22,23,24). The van der Waals surface area contributed by atoms with Crippen molar-refractivity contribution in [1.29, 1.82) is 0 Å². The van der Waals surface area contributed by atoms with Crippen LogP contribution in [-0.4, -0.2) is 37.1 Å². The van der Waals surface area contributed by atoms with Crippen LogP contribution in [0.1, 0.15) is 38.4 Å². The molecule has 3 heterocycles. The van der Waals surface area contributed by atoms with Crippen molar-refractivity contribution < 1.29 is 4.79 Å². The third-order valence-electron chi connectivity index (χ3n) is 5.07. The normalized spacial score (nSPS) is 13.3. The van der Waals surface area contributed by atoms with E-state index in [1.165, 1.54) is 5.56 Å². The Hall–Kier alpha value is -3.22. The quantitative estimate of drug-likeness (QED) is 0.758. The van der Waals surface area contributed by atoms with Gasteiger partial charge in [0, 0.05) is 37.1 Å². The fourth-order valence-corrected chi connectivity index (χ4v) is 3.81. The van der Waals surface area contributed by atoms with Gasteiger partial charge in [-0.05, 0) is 38.5 Å². The minimum atomic E-state index is 0.0796. The first-order chi connectivity index (χ1) is 13.5. The molecule has 0 radical (unpaired) electrons. The van der Waals surface area contributed by atoms with Gasteiger partial charge in [-0.25, -0.2) is 9.97 Å². The first-order valence-electron chi connectivity index (χ1n) is 9.43. The molecule has 7 heteroatoms. The number of fused-ring (bicyclic) bond motifs is 1. The summed E-state index contributed by atoms with van der Waals surface area (Å²) in [5, 5.41) is 7.88. The number of aromatic nitrogens is 4. The van der Waals surface area contributed by atoms with Gasteiger partial charge >= 0.3 is 0 Å². The van der Waals surface area contributed by atoms with Crippen molar-refractivity contribution in [2.75, 3.05) is 11.9 Å². The molecule has 0 atom stereocenters. The van der Waals surface area contributed by atoms with Crippen LogP contribution in [-0.2, 0) is 26.6 Å². The van der Waals surface area contributed by atoms with Crippen molar-refractivity contribution in [3.05, 3.63) is 70.3 Å². The van der Waals surface area contributed by atoms with Crippen molar-refractivity contribution in [2.24, 2.45) is 7.05 Å². The zero-order valence-electron chi connectivity index (χ0n) is 16.4. The largest absolute Gasteiger partial charge is 0.348 e. The Morgan fingerprint density at radius 1 is 1.14 bits per heavy atom. The van der Waals surface area contributed by atoms with E-state index >= 15 is 0 Å². The molecule has 0 saturated carbocycles. The highest BCUT2D eigenvalue weighted by Crippen LogP contribution is 2.24. The van der Waals surface area contributed by atoms with Gasteiger partial charge in [0.1, 0.15) is 0 Å². The molecule has 144 valence electrons. The summed E-state index contributed by atoms with van der Waals surface area (Å²) in [6.07, 6.45) is 4.21. The predicted molar refractivity (Wildman–Crippen MR) is 107 cm³/mol. The van der Waals surface area contributed by atoms with E-state index in [4.69, 9.17) is 0 Å². The van der Waals surface area contributed by atoms with E-state index in [0.29, 0.717) is 25.6 Å². The maximum atomic E-state index is 13.0. The number of hydrogen-bond acceptors (Lipinski definition) is 5. The number of nitrogens with zero attached hydrogens (tertiary/aromatic N) is 5. The fourth-order valence-electron chi connectivity index (χ4n) is 3.81. The van der Waals surface area contributed by atoms with Crippen molar-refractivity contribution in [2.45, 2.75) is 33.4 Å². The van der Waals surface area contributed by atoms with Gasteiger partial charge in [-0.3, -0.25) is 9.48 Å². The molecular weight excluding hydrogens is 352 g/mol. The van der Waals surface area contributed by atoms with Crippen molar-refractivity contribution in [1.82, 2.24) is 24.6 Å². The lowest BCUT2D eigenvalue weighted by atomic mass is 10.0. The van der Waals surface area contributed by atoms with E-state index in [1.54, 1.807) is 18.5 Å². The molecule has 7 nitrogen and oxygen atoms in total. The molecule has 1 amide bonds. The van der Waals surface area contributed by atoms with E-state index < -0.39 is 0 Å². The number of nitrogens with one attached hydrogen (secondary N) is 1. The van der Waals surface area contributed by atoms with Crippen LogP contribution in [0.15, 0.2) is 36.7 Å². The number of hydrogen-bond donors (Lipinski definition) is 1. The van der Waals surface area contributed by atoms with Crippen LogP contribution < -0.4 is 5.32 Å². The van der Waals surface area contributed by atoms with E-state index in [-0.39, 0.29) is 5.91 Å². The van der Waals surface area contributed by atoms with Gasteiger partial charge < -0.3 is 10.2 Å². The van der Waals surface area contributed by atoms with Crippen LogP contribution in [0.4, 0.5) is 5.95 Å². The highest BCUT2D eigenvalue weighted by Gasteiger charge is 2.27. The van der Waals surface area contributed by atoms with Crippen molar-refractivity contribution >= 4 is 11.9 Å². The SMILES string of the molecule is Cc1cc(C)cc(C(=O)N2CCc3c(CNc4ncccn4)nn(C)c3C2)c1. The summed E-state index contributed by atoms with van der Waals surface area (Å²) in [6, 6.07) is 7.80. The van der Waals surface area contributed by atoms with Crippen LogP contribution in [0, 0.1) is 13.8 Å². The molecule has 0 spiro atoms. The number of amides is 1. The summed E-state index contributed by atoms with van der Waals surface area (Å²) >= 11 is 0. The van der Waals surface area contributed by atoms with Gasteiger partial charge in [-0.15, -0.1) is 0 Å². The van der Waals surface area contributed by atoms with Crippen LogP contribution >= 0.6 is 0 Å².